The highest BCUT2D eigenvalue weighted by molar-refractivity contribution is 5.27. The molecule has 94 valence electrons. The summed E-state index contributed by atoms with van der Waals surface area (Å²) in [7, 11) is 0. The van der Waals surface area contributed by atoms with Crippen LogP contribution in [-0.2, 0) is 6.42 Å². The second-order valence-corrected chi connectivity index (χ2v) is 4.38. The average molecular weight is 237 g/mol. The highest BCUT2D eigenvalue weighted by Gasteiger charge is 2.14. The summed E-state index contributed by atoms with van der Waals surface area (Å²) in [5.74, 6) is 0.506. The van der Waals surface area contributed by atoms with Crippen LogP contribution in [-0.4, -0.2) is 22.5 Å². The molecule has 17 heavy (non-hydrogen) atoms. The number of aromatic nitrogens is 1. The first-order valence-corrected chi connectivity index (χ1v) is 5.87. The first-order valence-electron chi connectivity index (χ1n) is 5.87. The van der Waals surface area contributed by atoms with E-state index in [1.807, 2.05) is 0 Å². The minimum atomic E-state index is -0.430. The molecule has 0 bridgehead atoms. The SMILES string of the molecule is CCNC(Cc1ccc([N+](=O)[O-])cn1)C(C)C. The Labute approximate surface area is 101 Å². The van der Waals surface area contributed by atoms with E-state index < -0.39 is 4.92 Å². The van der Waals surface area contributed by atoms with Crippen LogP contribution in [0.15, 0.2) is 18.3 Å². The van der Waals surface area contributed by atoms with Gasteiger partial charge in [-0.3, -0.25) is 15.1 Å². The topological polar surface area (TPSA) is 68.1 Å². The van der Waals surface area contributed by atoms with Crippen LogP contribution < -0.4 is 5.32 Å². The van der Waals surface area contributed by atoms with E-state index >= 15 is 0 Å². The molecule has 5 nitrogen and oxygen atoms in total. The lowest BCUT2D eigenvalue weighted by Gasteiger charge is -2.21. The smallest absolute Gasteiger partial charge is 0.287 e. The summed E-state index contributed by atoms with van der Waals surface area (Å²) in [5, 5.41) is 13.9. The van der Waals surface area contributed by atoms with E-state index in [1.54, 1.807) is 6.07 Å². The maximum Gasteiger partial charge on any atom is 0.287 e. The Morgan fingerprint density at radius 1 is 1.47 bits per heavy atom. The number of likely N-dealkylation sites (N-methyl/N-ethyl adjacent to an activating group) is 1. The van der Waals surface area contributed by atoms with Gasteiger partial charge in [0.2, 0.25) is 0 Å². The molecule has 0 aromatic carbocycles. The van der Waals surface area contributed by atoms with Crippen molar-refractivity contribution in [3.63, 3.8) is 0 Å². The molecule has 0 radical (unpaired) electrons. The molecule has 0 saturated heterocycles. The van der Waals surface area contributed by atoms with E-state index in [9.17, 15) is 10.1 Å². The van der Waals surface area contributed by atoms with E-state index in [2.05, 4.69) is 31.1 Å². The second kappa shape index (κ2) is 6.30. The van der Waals surface area contributed by atoms with Gasteiger partial charge in [-0.1, -0.05) is 20.8 Å². The Bertz CT molecular complexity index is 363. The largest absolute Gasteiger partial charge is 0.314 e. The van der Waals surface area contributed by atoms with Crippen LogP contribution in [0.25, 0.3) is 0 Å². The molecule has 0 amide bonds. The lowest BCUT2D eigenvalue weighted by Crippen LogP contribution is -2.35. The summed E-state index contributed by atoms with van der Waals surface area (Å²) in [5.41, 5.74) is 0.925. The van der Waals surface area contributed by atoms with Gasteiger partial charge >= 0.3 is 0 Å². The Morgan fingerprint density at radius 2 is 2.18 bits per heavy atom. The normalized spacial score (nSPS) is 12.7. The number of nitro groups is 1. The zero-order chi connectivity index (χ0) is 12.8. The summed E-state index contributed by atoms with van der Waals surface area (Å²) >= 11 is 0. The molecule has 1 unspecified atom stereocenters. The zero-order valence-corrected chi connectivity index (χ0v) is 10.5. The highest BCUT2D eigenvalue weighted by atomic mass is 16.6. The van der Waals surface area contributed by atoms with Crippen molar-refractivity contribution in [3.8, 4) is 0 Å². The van der Waals surface area contributed by atoms with Crippen molar-refractivity contribution in [2.24, 2.45) is 5.92 Å². The van der Waals surface area contributed by atoms with Crippen molar-refractivity contribution >= 4 is 5.69 Å². The first-order chi connectivity index (χ1) is 8.04. The molecule has 0 fully saturated rings. The van der Waals surface area contributed by atoms with E-state index in [1.165, 1.54) is 12.3 Å². The molecule has 1 N–H and O–H groups in total. The molecule has 0 aliphatic heterocycles. The van der Waals surface area contributed by atoms with Gasteiger partial charge in [0.15, 0.2) is 0 Å². The van der Waals surface area contributed by atoms with Gasteiger partial charge in [0, 0.05) is 24.2 Å². The van der Waals surface area contributed by atoms with Gasteiger partial charge in [-0.2, -0.15) is 0 Å². The van der Waals surface area contributed by atoms with Crippen molar-refractivity contribution in [2.75, 3.05) is 6.54 Å². The van der Waals surface area contributed by atoms with Crippen molar-refractivity contribution in [2.45, 2.75) is 33.2 Å². The highest BCUT2D eigenvalue weighted by Crippen LogP contribution is 2.12. The molecule has 0 aliphatic rings. The Balaban J connectivity index is 2.69. The predicted molar refractivity (Wildman–Crippen MR) is 66.9 cm³/mol. The van der Waals surface area contributed by atoms with Crippen LogP contribution in [0.4, 0.5) is 5.69 Å². The van der Waals surface area contributed by atoms with Crippen LogP contribution in [0, 0.1) is 16.0 Å². The first kappa shape index (κ1) is 13.6. The molecular weight excluding hydrogens is 218 g/mol. The van der Waals surface area contributed by atoms with Crippen LogP contribution in [0.3, 0.4) is 0 Å². The Kier molecular flexibility index (Phi) is 5.03. The standard InChI is InChI=1S/C12H19N3O2/c1-4-13-12(9(2)3)7-10-5-6-11(8-14-10)15(16)17/h5-6,8-9,12-13H,4,7H2,1-3H3. The molecule has 0 saturated carbocycles. The third kappa shape index (κ3) is 4.11. The number of nitrogens with zero attached hydrogens (tertiary/aromatic N) is 2. The van der Waals surface area contributed by atoms with Gasteiger partial charge in [0.25, 0.3) is 5.69 Å². The Morgan fingerprint density at radius 3 is 2.59 bits per heavy atom. The van der Waals surface area contributed by atoms with E-state index in [0.717, 1.165) is 18.7 Å². The van der Waals surface area contributed by atoms with Crippen LogP contribution in [0.5, 0.6) is 0 Å². The summed E-state index contributed by atoms with van der Waals surface area (Å²) in [6.07, 6.45) is 2.11. The third-order valence-electron chi connectivity index (χ3n) is 2.72. The Hall–Kier alpha value is -1.49. The van der Waals surface area contributed by atoms with Crippen molar-refractivity contribution in [1.29, 1.82) is 0 Å². The average Bonchev–Trinajstić information content (AvgIpc) is 2.29. The molecule has 1 atom stereocenters. The van der Waals surface area contributed by atoms with E-state index in [-0.39, 0.29) is 5.69 Å². The molecule has 1 aromatic heterocycles. The fraction of sp³-hybridized carbons (Fsp3) is 0.583. The predicted octanol–water partition coefficient (Wildman–Crippen LogP) is 2.17. The van der Waals surface area contributed by atoms with Crippen molar-refractivity contribution in [1.82, 2.24) is 10.3 Å². The summed E-state index contributed by atoms with van der Waals surface area (Å²) in [4.78, 5) is 14.2. The van der Waals surface area contributed by atoms with Gasteiger partial charge in [-0.15, -0.1) is 0 Å². The quantitative estimate of drug-likeness (QED) is 0.608. The molecular formula is C12H19N3O2. The van der Waals surface area contributed by atoms with Crippen LogP contribution in [0.1, 0.15) is 26.5 Å². The van der Waals surface area contributed by atoms with Gasteiger partial charge in [0.1, 0.15) is 6.20 Å². The fourth-order valence-electron chi connectivity index (χ4n) is 1.68. The van der Waals surface area contributed by atoms with Crippen LogP contribution >= 0.6 is 0 Å². The summed E-state index contributed by atoms with van der Waals surface area (Å²) in [6.45, 7) is 7.28. The maximum atomic E-state index is 10.5. The number of pyridine rings is 1. The molecule has 0 aliphatic carbocycles. The molecule has 0 spiro atoms. The fourth-order valence-corrected chi connectivity index (χ4v) is 1.68. The van der Waals surface area contributed by atoms with E-state index in [4.69, 9.17) is 0 Å². The van der Waals surface area contributed by atoms with Gasteiger partial charge in [-0.05, 0) is 18.5 Å². The van der Waals surface area contributed by atoms with Gasteiger partial charge in [-0.25, -0.2) is 0 Å². The zero-order valence-electron chi connectivity index (χ0n) is 10.5. The number of rotatable bonds is 6. The molecule has 5 heteroatoms. The maximum absolute atomic E-state index is 10.5. The number of hydrogen-bond donors (Lipinski definition) is 1. The molecule has 1 rings (SSSR count). The minimum absolute atomic E-state index is 0.0401. The minimum Gasteiger partial charge on any atom is -0.314 e. The van der Waals surface area contributed by atoms with Crippen molar-refractivity contribution in [3.05, 3.63) is 34.1 Å². The number of hydrogen-bond acceptors (Lipinski definition) is 4. The van der Waals surface area contributed by atoms with Crippen molar-refractivity contribution < 1.29 is 4.92 Å². The summed E-state index contributed by atoms with van der Waals surface area (Å²) < 4.78 is 0. The van der Waals surface area contributed by atoms with Gasteiger partial charge in [0.05, 0.1) is 4.92 Å². The third-order valence-corrected chi connectivity index (χ3v) is 2.72. The number of nitrogens with one attached hydrogen (secondary N) is 1. The lowest BCUT2D eigenvalue weighted by molar-refractivity contribution is -0.385. The monoisotopic (exact) mass is 237 g/mol. The van der Waals surface area contributed by atoms with Gasteiger partial charge < -0.3 is 5.32 Å². The lowest BCUT2D eigenvalue weighted by atomic mass is 9.99. The second-order valence-electron chi connectivity index (χ2n) is 4.38. The van der Waals surface area contributed by atoms with Crippen LogP contribution in [0.2, 0.25) is 0 Å². The molecule has 1 heterocycles. The molecule has 1 aromatic rings. The summed E-state index contributed by atoms with van der Waals surface area (Å²) in [6, 6.07) is 3.59. The van der Waals surface area contributed by atoms with E-state index in [0.29, 0.717) is 12.0 Å².